The van der Waals surface area contributed by atoms with E-state index >= 15 is 0 Å². The Morgan fingerprint density at radius 2 is 1.80 bits per heavy atom. The molecule has 1 aliphatic heterocycles. The number of anilines is 1. The molecule has 0 spiro atoms. The molecule has 1 fully saturated rings. The second kappa shape index (κ2) is 10.2. The van der Waals surface area contributed by atoms with Gasteiger partial charge in [-0.15, -0.1) is 24.8 Å². The van der Waals surface area contributed by atoms with Gasteiger partial charge in [0.1, 0.15) is 11.6 Å². The Balaban J connectivity index is 0.00000156. The molecule has 2 N–H and O–H groups in total. The number of carbonyl (C=O) groups excluding carboxylic acids is 1. The van der Waals surface area contributed by atoms with Gasteiger partial charge < -0.3 is 15.4 Å². The lowest BCUT2D eigenvalue weighted by Gasteiger charge is -2.21. The minimum atomic E-state index is -0.318. The summed E-state index contributed by atoms with van der Waals surface area (Å²) in [7, 11) is 0. The summed E-state index contributed by atoms with van der Waals surface area (Å²) in [6.07, 6.45) is 3.26. The van der Waals surface area contributed by atoms with Crippen LogP contribution in [0.3, 0.4) is 0 Å². The zero-order chi connectivity index (χ0) is 16.1. The van der Waals surface area contributed by atoms with Gasteiger partial charge in [0.05, 0.1) is 11.9 Å². The van der Waals surface area contributed by atoms with E-state index in [9.17, 15) is 9.18 Å². The maximum absolute atomic E-state index is 12.8. The summed E-state index contributed by atoms with van der Waals surface area (Å²) >= 11 is 0. The minimum absolute atomic E-state index is 0. The number of nitrogens with one attached hydrogen (secondary N) is 2. The van der Waals surface area contributed by atoms with Gasteiger partial charge in [0, 0.05) is 12.0 Å². The number of carbonyl (C=O) groups is 1. The van der Waals surface area contributed by atoms with Crippen molar-refractivity contribution in [2.24, 2.45) is 5.92 Å². The van der Waals surface area contributed by atoms with Crippen LogP contribution in [0.2, 0.25) is 0 Å². The van der Waals surface area contributed by atoms with Crippen molar-refractivity contribution in [1.29, 1.82) is 0 Å². The Hall–Kier alpha value is -1.89. The lowest BCUT2D eigenvalue weighted by molar-refractivity contribution is -0.120. The molecule has 0 unspecified atom stereocenters. The number of amides is 1. The van der Waals surface area contributed by atoms with Crippen LogP contribution in [0.15, 0.2) is 42.6 Å². The third-order valence-corrected chi connectivity index (χ3v) is 3.75. The summed E-state index contributed by atoms with van der Waals surface area (Å²) in [5.41, 5.74) is 0.639. The van der Waals surface area contributed by atoms with E-state index in [0.29, 0.717) is 17.3 Å². The van der Waals surface area contributed by atoms with Crippen molar-refractivity contribution >= 4 is 36.4 Å². The summed E-state index contributed by atoms with van der Waals surface area (Å²) < 4.78 is 18.3. The zero-order valence-corrected chi connectivity index (χ0v) is 15.0. The van der Waals surface area contributed by atoms with Gasteiger partial charge in [0.15, 0.2) is 0 Å². The molecule has 0 bridgehead atoms. The molecular weight excluding hydrogens is 368 g/mol. The lowest BCUT2D eigenvalue weighted by atomic mass is 9.97. The van der Waals surface area contributed by atoms with E-state index in [1.807, 2.05) is 0 Å². The predicted octanol–water partition coefficient (Wildman–Crippen LogP) is 3.79. The van der Waals surface area contributed by atoms with Gasteiger partial charge in [-0.3, -0.25) is 4.79 Å². The molecule has 5 nitrogen and oxygen atoms in total. The SMILES string of the molecule is Cl.Cl.O=C(Nc1ccc(Oc2ccc(F)cc2)nc1)C1CCNCC1. The zero-order valence-electron chi connectivity index (χ0n) is 13.4. The van der Waals surface area contributed by atoms with Gasteiger partial charge in [0.25, 0.3) is 0 Å². The van der Waals surface area contributed by atoms with Crippen LogP contribution in [0.25, 0.3) is 0 Å². The molecule has 2 aromatic rings. The van der Waals surface area contributed by atoms with Crippen molar-refractivity contribution in [2.75, 3.05) is 18.4 Å². The van der Waals surface area contributed by atoms with Crippen molar-refractivity contribution < 1.29 is 13.9 Å². The van der Waals surface area contributed by atoms with Crippen molar-refractivity contribution in [2.45, 2.75) is 12.8 Å². The van der Waals surface area contributed by atoms with Crippen LogP contribution in [0, 0.1) is 11.7 Å². The van der Waals surface area contributed by atoms with Crippen LogP contribution in [0.1, 0.15) is 12.8 Å². The van der Waals surface area contributed by atoms with E-state index in [-0.39, 0.29) is 42.5 Å². The monoisotopic (exact) mass is 387 g/mol. The summed E-state index contributed by atoms with van der Waals surface area (Å²) in [5.74, 6) is 0.648. The number of rotatable bonds is 4. The molecule has 0 atom stereocenters. The van der Waals surface area contributed by atoms with Gasteiger partial charge in [-0.1, -0.05) is 0 Å². The Morgan fingerprint density at radius 1 is 1.12 bits per heavy atom. The number of halogens is 3. The minimum Gasteiger partial charge on any atom is -0.439 e. The van der Waals surface area contributed by atoms with Gasteiger partial charge in [0.2, 0.25) is 11.8 Å². The molecule has 1 aliphatic rings. The van der Waals surface area contributed by atoms with E-state index in [4.69, 9.17) is 4.74 Å². The largest absolute Gasteiger partial charge is 0.439 e. The van der Waals surface area contributed by atoms with Crippen LogP contribution in [0.4, 0.5) is 10.1 Å². The molecule has 25 heavy (non-hydrogen) atoms. The van der Waals surface area contributed by atoms with Crippen molar-refractivity contribution in [1.82, 2.24) is 10.3 Å². The van der Waals surface area contributed by atoms with E-state index in [0.717, 1.165) is 25.9 Å². The molecule has 3 rings (SSSR count). The predicted molar refractivity (Wildman–Crippen MR) is 99.4 cm³/mol. The van der Waals surface area contributed by atoms with Gasteiger partial charge in [-0.05, 0) is 56.3 Å². The highest BCUT2D eigenvalue weighted by molar-refractivity contribution is 5.92. The molecule has 1 aromatic heterocycles. The van der Waals surface area contributed by atoms with E-state index < -0.39 is 0 Å². The van der Waals surface area contributed by atoms with Crippen LogP contribution in [-0.2, 0) is 4.79 Å². The average Bonchev–Trinajstić information content (AvgIpc) is 2.59. The first-order valence-corrected chi connectivity index (χ1v) is 7.62. The molecule has 0 saturated carbocycles. The number of hydrogen-bond donors (Lipinski definition) is 2. The fraction of sp³-hybridized carbons (Fsp3) is 0.294. The quantitative estimate of drug-likeness (QED) is 0.837. The molecule has 0 aliphatic carbocycles. The second-order valence-corrected chi connectivity index (χ2v) is 5.45. The topological polar surface area (TPSA) is 63.2 Å². The molecule has 1 amide bonds. The number of aromatic nitrogens is 1. The molecule has 136 valence electrons. The summed E-state index contributed by atoms with van der Waals surface area (Å²) in [6.45, 7) is 1.75. The van der Waals surface area contributed by atoms with Crippen LogP contribution in [-0.4, -0.2) is 24.0 Å². The highest BCUT2D eigenvalue weighted by atomic mass is 35.5. The molecule has 8 heteroatoms. The smallest absolute Gasteiger partial charge is 0.227 e. The number of nitrogens with zero attached hydrogens (tertiary/aromatic N) is 1. The average molecular weight is 388 g/mol. The lowest BCUT2D eigenvalue weighted by Crippen LogP contribution is -2.34. The van der Waals surface area contributed by atoms with E-state index in [2.05, 4.69) is 15.6 Å². The molecule has 1 saturated heterocycles. The van der Waals surface area contributed by atoms with E-state index in [1.54, 1.807) is 18.3 Å². The fourth-order valence-electron chi connectivity index (χ4n) is 2.47. The number of benzene rings is 1. The van der Waals surface area contributed by atoms with Gasteiger partial charge in [-0.2, -0.15) is 0 Å². The summed E-state index contributed by atoms with van der Waals surface area (Å²) in [6, 6.07) is 9.12. The Labute approximate surface area is 158 Å². The van der Waals surface area contributed by atoms with Gasteiger partial charge in [-0.25, -0.2) is 9.37 Å². The normalized spacial score (nSPS) is 14.0. The van der Waals surface area contributed by atoms with Gasteiger partial charge >= 0.3 is 0 Å². The summed E-state index contributed by atoms with van der Waals surface area (Å²) in [4.78, 5) is 16.3. The highest BCUT2D eigenvalue weighted by Crippen LogP contribution is 2.21. The van der Waals surface area contributed by atoms with E-state index in [1.165, 1.54) is 24.3 Å². The number of ether oxygens (including phenoxy) is 1. The van der Waals surface area contributed by atoms with Crippen molar-refractivity contribution in [3.8, 4) is 11.6 Å². The van der Waals surface area contributed by atoms with Crippen LogP contribution >= 0.6 is 24.8 Å². The standard InChI is InChI=1S/C17H18FN3O2.2ClH/c18-13-1-4-15(5-2-13)23-16-6-3-14(11-20-16)21-17(22)12-7-9-19-10-8-12;;/h1-6,11-12,19H,7-10H2,(H,21,22);2*1H. The van der Waals surface area contributed by atoms with Crippen LogP contribution in [0.5, 0.6) is 11.6 Å². The first-order chi connectivity index (χ1) is 11.2. The number of piperidine rings is 1. The first kappa shape index (κ1) is 21.2. The molecule has 2 heterocycles. The van der Waals surface area contributed by atoms with Crippen molar-refractivity contribution in [3.05, 3.63) is 48.4 Å². The Bertz CT molecular complexity index is 663. The molecule has 0 radical (unpaired) electrons. The molecular formula is C17H20Cl2FN3O2. The van der Waals surface area contributed by atoms with Crippen LogP contribution < -0.4 is 15.4 Å². The maximum atomic E-state index is 12.8. The second-order valence-electron chi connectivity index (χ2n) is 5.45. The number of hydrogen-bond acceptors (Lipinski definition) is 4. The number of pyridine rings is 1. The highest BCUT2D eigenvalue weighted by Gasteiger charge is 2.20. The first-order valence-electron chi connectivity index (χ1n) is 7.62. The maximum Gasteiger partial charge on any atom is 0.227 e. The Kier molecular flexibility index (Phi) is 8.61. The van der Waals surface area contributed by atoms with Crippen molar-refractivity contribution in [3.63, 3.8) is 0 Å². The Morgan fingerprint density at radius 3 is 2.40 bits per heavy atom. The third kappa shape index (κ3) is 6.16. The summed E-state index contributed by atoms with van der Waals surface area (Å²) in [5, 5.41) is 6.11. The third-order valence-electron chi connectivity index (χ3n) is 3.75. The fourth-order valence-corrected chi connectivity index (χ4v) is 2.47. The molecule has 1 aromatic carbocycles.